The fourth-order valence-electron chi connectivity index (χ4n) is 3.24. The van der Waals surface area contributed by atoms with E-state index in [0.717, 1.165) is 0 Å². The summed E-state index contributed by atoms with van der Waals surface area (Å²) >= 11 is 0. The Kier molecular flexibility index (Phi) is 5.13. The Bertz CT molecular complexity index is 853. The Morgan fingerprint density at radius 2 is 2.07 bits per heavy atom. The molecule has 7 nitrogen and oxygen atoms in total. The van der Waals surface area contributed by atoms with Crippen LogP contribution in [0.15, 0.2) is 18.2 Å². The van der Waals surface area contributed by atoms with Gasteiger partial charge in [0.25, 0.3) is 0 Å². The normalized spacial score (nSPS) is 20.8. The molecule has 0 radical (unpaired) electrons. The highest BCUT2D eigenvalue weighted by Crippen LogP contribution is 2.29. The number of fused-ring (bicyclic) bond motifs is 1. The van der Waals surface area contributed by atoms with Crippen LogP contribution in [-0.2, 0) is 4.74 Å². The minimum absolute atomic E-state index is 0.0632. The molecule has 1 aliphatic heterocycles. The summed E-state index contributed by atoms with van der Waals surface area (Å²) in [6, 6.07) is 2.98. The molecule has 27 heavy (non-hydrogen) atoms. The molecule has 1 amide bonds. The highest BCUT2D eigenvalue weighted by Gasteiger charge is 2.36. The lowest BCUT2D eigenvalue weighted by molar-refractivity contribution is 0.00617. The Balaban J connectivity index is 1.86. The second kappa shape index (κ2) is 7.08. The molecule has 1 aromatic carbocycles. The van der Waals surface area contributed by atoms with Crippen molar-refractivity contribution in [1.82, 2.24) is 14.7 Å². The number of rotatable bonds is 2. The van der Waals surface area contributed by atoms with Crippen molar-refractivity contribution in [2.45, 2.75) is 45.0 Å². The van der Waals surface area contributed by atoms with Crippen LogP contribution < -0.4 is 5.59 Å². The van der Waals surface area contributed by atoms with E-state index >= 15 is 0 Å². The fraction of sp³-hybridized carbons (Fsp3) is 0.529. The van der Waals surface area contributed by atoms with Crippen LogP contribution in [0.4, 0.5) is 13.6 Å². The molecule has 2 atom stereocenters. The number of benzene rings is 1. The Hall–Kier alpha value is -2.20. The maximum atomic E-state index is 14.9. The van der Waals surface area contributed by atoms with Gasteiger partial charge in [0.15, 0.2) is 0 Å². The zero-order chi connectivity index (χ0) is 19.9. The highest BCUT2D eigenvalue weighted by molar-refractivity contribution is 6.60. The number of amides is 1. The summed E-state index contributed by atoms with van der Waals surface area (Å²) in [5.74, 6) is -0.538. The maximum absolute atomic E-state index is 14.9. The predicted octanol–water partition coefficient (Wildman–Crippen LogP) is 1.38. The molecule has 0 saturated carbocycles. The molecule has 1 fully saturated rings. The molecular weight excluding hydrogens is 359 g/mol. The van der Waals surface area contributed by atoms with Crippen molar-refractivity contribution >= 4 is 29.7 Å². The number of halogens is 2. The van der Waals surface area contributed by atoms with Crippen molar-refractivity contribution in [3.05, 3.63) is 24.0 Å². The number of hydrogen-bond acceptors (Lipinski definition) is 5. The number of aromatic nitrogens is 2. The first-order chi connectivity index (χ1) is 12.6. The Morgan fingerprint density at radius 3 is 2.67 bits per heavy atom. The van der Waals surface area contributed by atoms with Gasteiger partial charge in [0.2, 0.25) is 0 Å². The van der Waals surface area contributed by atoms with Crippen LogP contribution in [-0.4, -0.2) is 62.8 Å². The smallest absolute Gasteiger partial charge is 0.444 e. The first kappa shape index (κ1) is 19.6. The van der Waals surface area contributed by atoms with Crippen LogP contribution in [0.25, 0.3) is 10.9 Å². The number of carbonyl (C=O) groups excluding carboxylic acids is 1. The SMILES string of the molecule is CC(C)(C)OC(=O)N1CC[C@H](n2nc(B(O)O)c3ccc(F)cc32)[C@H](F)C1. The summed E-state index contributed by atoms with van der Waals surface area (Å²) in [6.07, 6.45) is -1.83. The predicted molar refractivity (Wildman–Crippen MR) is 95.9 cm³/mol. The van der Waals surface area contributed by atoms with Crippen LogP contribution >= 0.6 is 0 Å². The fourth-order valence-corrected chi connectivity index (χ4v) is 3.24. The zero-order valence-corrected chi connectivity index (χ0v) is 15.4. The van der Waals surface area contributed by atoms with Crippen LogP contribution in [0, 0.1) is 5.82 Å². The zero-order valence-electron chi connectivity index (χ0n) is 15.4. The van der Waals surface area contributed by atoms with Gasteiger partial charge in [-0.15, -0.1) is 0 Å². The van der Waals surface area contributed by atoms with Crippen molar-refractivity contribution in [2.75, 3.05) is 13.1 Å². The topological polar surface area (TPSA) is 87.8 Å². The van der Waals surface area contributed by atoms with Crippen LogP contribution in [0.5, 0.6) is 0 Å². The van der Waals surface area contributed by atoms with Gasteiger partial charge in [-0.2, -0.15) is 5.10 Å². The lowest BCUT2D eigenvalue weighted by Gasteiger charge is -2.35. The molecule has 0 spiro atoms. The van der Waals surface area contributed by atoms with Gasteiger partial charge in [-0.05, 0) is 45.4 Å². The molecule has 0 bridgehead atoms. The summed E-state index contributed by atoms with van der Waals surface area (Å²) in [5.41, 5.74) is -0.468. The van der Waals surface area contributed by atoms with Gasteiger partial charge in [0.1, 0.15) is 23.2 Å². The molecule has 2 N–H and O–H groups in total. The van der Waals surface area contributed by atoms with E-state index < -0.39 is 36.8 Å². The maximum Gasteiger partial charge on any atom is 0.510 e. The molecule has 10 heteroatoms. The quantitative estimate of drug-likeness (QED) is 0.768. The summed E-state index contributed by atoms with van der Waals surface area (Å²) in [5, 5.41) is 23.5. The van der Waals surface area contributed by atoms with Gasteiger partial charge in [0.05, 0.1) is 18.1 Å². The highest BCUT2D eigenvalue weighted by atomic mass is 19.1. The van der Waals surface area contributed by atoms with E-state index in [1.54, 1.807) is 20.8 Å². The molecule has 1 aliphatic rings. The van der Waals surface area contributed by atoms with E-state index in [9.17, 15) is 23.6 Å². The summed E-state index contributed by atoms with van der Waals surface area (Å²) < 4.78 is 35.1. The van der Waals surface area contributed by atoms with Gasteiger partial charge in [-0.3, -0.25) is 4.68 Å². The average molecular weight is 381 g/mol. The van der Waals surface area contributed by atoms with Crippen molar-refractivity contribution in [3.63, 3.8) is 0 Å². The first-order valence-corrected chi connectivity index (χ1v) is 8.72. The Morgan fingerprint density at radius 1 is 1.37 bits per heavy atom. The van der Waals surface area contributed by atoms with E-state index in [-0.39, 0.29) is 30.6 Å². The second-order valence-electron chi connectivity index (χ2n) is 7.66. The van der Waals surface area contributed by atoms with Gasteiger partial charge >= 0.3 is 13.2 Å². The van der Waals surface area contributed by atoms with Crippen molar-refractivity contribution in [1.29, 1.82) is 0 Å². The lowest BCUT2D eigenvalue weighted by Crippen LogP contribution is -2.47. The van der Waals surface area contributed by atoms with E-state index in [1.807, 2.05) is 0 Å². The van der Waals surface area contributed by atoms with Gasteiger partial charge in [-0.1, -0.05) is 0 Å². The van der Waals surface area contributed by atoms with E-state index in [0.29, 0.717) is 5.39 Å². The number of likely N-dealkylation sites (tertiary alicyclic amines) is 1. The lowest BCUT2D eigenvalue weighted by atomic mass is 9.84. The van der Waals surface area contributed by atoms with Crippen molar-refractivity contribution in [3.8, 4) is 0 Å². The summed E-state index contributed by atoms with van der Waals surface area (Å²) in [4.78, 5) is 13.4. The van der Waals surface area contributed by atoms with E-state index in [1.165, 1.54) is 27.8 Å². The number of alkyl halides is 1. The first-order valence-electron chi connectivity index (χ1n) is 8.72. The third-order valence-electron chi connectivity index (χ3n) is 4.42. The molecule has 2 heterocycles. The number of nitrogens with zero attached hydrogens (tertiary/aromatic N) is 3. The van der Waals surface area contributed by atoms with Crippen molar-refractivity contribution in [2.24, 2.45) is 0 Å². The molecule has 1 saturated heterocycles. The minimum Gasteiger partial charge on any atom is -0.444 e. The average Bonchev–Trinajstić information content (AvgIpc) is 2.92. The molecule has 3 rings (SSSR count). The Labute approximate surface area is 155 Å². The third-order valence-corrected chi connectivity index (χ3v) is 4.42. The van der Waals surface area contributed by atoms with E-state index in [2.05, 4.69) is 5.10 Å². The van der Waals surface area contributed by atoms with Crippen LogP contribution in [0.2, 0.25) is 0 Å². The molecule has 2 aromatic rings. The number of ether oxygens (including phenoxy) is 1. The molecule has 0 unspecified atom stereocenters. The molecular formula is C17H22BF2N3O4. The van der Waals surface area contributed by atoms with Gasteiger partial charge < -0.3 is 19.7 Å². The molecule has 1 aromatic heterocycles. The van der Waals surface area contributed by atoms with Gasteiger partial charge in [0, 0.05) is 11.9 Å². The molecule has 146 valence electrons. The van der Waals surface area contributed by atoms with Gasteiger partial charge in [-0.25, -0.2) is 13.6 Å². The monoisotopic (exact) mass is 381 g/mol. The van der Waals surface area contributed by atoms with Crippen LogP contribution in [0.1, 0.15) is 33.2 Å². The van der Waals surface area contributed by atoms with Crippen LogP contribution in [0.3, 0.4) is 0 Å². The summed E-state index contributed by atoms with van der Waals surface area (Å²) in [6.45, 7) is 5.26. The second-order valence-corrected chi connectivity index (χ2v) is 7.66. The number of carbonyl (C=O) groups is 1. The largest absolute Gasteiger partial charge is 0.510 e. The standard InChI is InChI=1S/C17H22BF2N3O4/c1-17(2,3)27-16(24)22-7-6-13(12(20)9-22)23-14-8-10(19)4-5-11(14)15(21-23)18(25)26/h4-5,8,12-13,25-26H,6-7,9H2,1-3H3/t12-,13+/m1/s1. The van der Waals surface area contributed by atoms with E-state index in [4.69, 9.17) is 4.74 Å². The third kappa shape index (κ3) is 4.06. The molecule has 0 aliphatic carbocycles. The number of piperidine rings is 1. The van der Waals surface area contributed by atoms with Crippen molar-refractivity contribution < 1.29 is 28.4 Å². The minimum atomic E-state index is -1.86. The summed E-state index contributed by atoms with van der Waals surface area (Å²) in [7, 11) is -1.86. The number of hydrogen-bond donors (Lipinski definition) is 2.